The van der Waals surface area contributed by atoms with Crippen molar-refractivity contribution >= 4 is 17.1 Å². The van der Waals surface area contributed by atoms with Gasteiger partial charge in [-0.1, -0.05) is 12.1 Å². The molecule has 0 atom stereocenters. The lowest BCUT2D eigenvalue weighted by Crippen LogP contribution is -1.96. The molecule has 0 amide bonds. The summed E-state index contributed by atoms with van der Waals surface area (Å²) in [7, 11) is 0. The van der Waals surface area contributed by atoms with Crippen molar-refractivity contribution < 1.29 is 0 Å². The maximum absolute atomic E-state index is 11.8. The highest BCUT2D eigenvalue weighted by Gasteiger charge is 2.11. The summed E-state index contributed by atoms with van der Waals surface area (Å²) >= 11 is 0. The van der Waals surface area contributed by atoms with Crippen LogP contribution >= 0.6 is 0 Å². The van der Waals surface area contributed by atoms with E-state index in [-0.39, 0.29) is 11.2 Å². The van der Waals surface area contributed by atoms with Gasteiger partial charge >= 0.3 is 0 Å². The van der Waals surface area contributed by atoms with Crippen LogP contribution in [0.3, 0.4) is 0 Å². The van der Waals surface area contributed by atoms with Crippen LogP contribution in [-0.2, 0) is 0 Å². The molecule has 0 radical (unpaired) electrons. The first kappa shape index (κ1) is 12.8. The molecule has 7 nitrogen and oxygen atoms in total. The van der Waals surface area contributed by atoms with E-state index in [9.17, 15) is 4.79 Å². The van der Waals surface area contributed by atoms with E-state index in [4.69, 9.17) is 5.73 Å². The molecule has 3 aromatic rings. The molecule has 0 unspecified atom stereocenters. The number of benzene rings is 1. The predicted molar refractivity (Wildman–Crippen MR) is 79.7 cm³/mol. The van der Waals surface area contributed by atoms with Gasteiger partial charge in [-0.25, -0.2) is 0 Å². The zero-order valence-electron chi connectivity index (χ0n) is 10.9. The Morgan fingerprint density at radius 3 is 2.62 bits per heavy atom. The molecule has 0 spiro atoms. The minimum Gasteiger partial charge on any atom is -0.399 e. The number of H-pyrrole nitrogens is 2. The number of hydrogen-bond donors (Lipinski definition) is 3. The second kappa shape index (κ2) is 5.41. The average Bonchev–Trinajstić information content (AvgIpc) is 2.87. The predicted octanol–water partition coefficient (Wildman–Crippen LogP) is 2.76. The number of nitrogens with two attached hydrogens (primary N) is 1. The highest BCUT2D eigenvalue weighted by atomic mass is 16.1. The van der Waals surface area contributed by atoms with Gasteiger partial charge in [0, 0.05) is 23.6 Å². The molecule has 0 bridgehead atoms. The van der Waals surface area contributed by atoms with Gasteiger partial charge in [0.25, 0.3) is 5.56 Å². The quantitative estimate of drug-likeness (QED) is 0.506. The SMILES string of the molecule is Nc1cccc(-c2[nH][nH]c(=O)c2N=Nc2ccncc2)c1. The molecule has 4 N–H and O–H groups in total. The van der Waals surface area contributed by atoms with Gasteiger partial charge in [-0.3, -0.25) is 20.0 Å². The highest BCUT2D eigenvalue weighted by molar-refractivity contribution is 5.73. The maximum Gasteiger partial charge on any atom is 0.292 e. The molecule has 0 saturated carbocycles. The molecule has 104 valence electrons. The Labute approximate surface area is 119 Å². The lowest BCUT2D eigenvalue weighted by Gasteiger charge is -2.00. The summed E-state index contributed by atoms with van der Waals surface area (Å²) in [6, 6.07) is 10.6. The third-order valence-corrected chi connectivity index (χ3v) is 2.86. The number of hydrogen-bond acceptors (Lipinski definition) is 5. The molecule has 0 aliphatic heterocycles. The van der Waals surface area contributed by atoms with Gasteiger partial charge in [-0.15, -0.1) is 5.11 Å². The van der Waals surface area contributed by atoms with E-state index in [2.05, 4.69) is 25.4 Å². The Balaban J connectivity index is 2.02. The first-order valence-electron chi connectivity index (χ1n) is 6.22. The zero-order chi connectivity index (χ0) is 14.7. The lowest BCUT2D eigenvalue weighted by atomic mass is 10.1. The first-order chi connectivity index (χ1) is 10.2. The van der Waals surface area contributed by atoms with E-state index in [0.717, 1.165) is 5.56 Å². The number of anilines is 1. The fraction of sp³-hybridized carbons (Fsp3) is 0. The Morgan fingerprint density at radius 2 is 1.86 bits per heavy atom. The van der Waals surface area contributed by atoms with Crippen LogP contribution in [0, 0.1) is 0 Å². The fourth-order valence-electron chi connectivity index (χ4n) is 1.87. The summed E-state index contributed by atoms with van der Waals surface area (Å²) in [5.74, 6) is 0. The van der Waals surface area contributed by atoms with Crippen LogP contribution in [0.2, 0.25) is 0 Å². The van der Waals surface area contributed by atoms with Crippen LogP contribution in [0.15, 0.2) is 63.8 Å². The van der Waals surface area contributed by atoms with Gasteiger partial charge in [-0.2, -0.15) is 5.11 Å². The van der Waals surface area contributed by atoms with Crippen molar-refractivity contribution in [3.05, 3.63) is 59.1 Å². The van der Waals surface area contributed by atoms with Crippen LogP contribution in [0.4, 0.5) is 17.1 Å². The largest absolute Gasteiger partial charge is 0.399 e. The molecular weight excluding hydrogens is 268 g/mol. The summed E-state index contributed by atoms with van der Waals surface area (Å²) in [6.07, 6.45) is 3.21. The molecule has 7 heteroatoms. The third kappa shape index (κ3) is 2.71. The van der Waals surface area contributed by atoms with Gasteiger partial charge in [0.1, 0.15) is 0 Å². The van der Waals surface area contributed by atoms with Gasteiger partial charge < -0.3 is 5.73 Å². The topological polar surface area (TPSA) is 112 Å². The average molecular weight is 280 g/mol. The standard InChI is InChI=1S/C14H12N6O/c15-10-3-1-2-9(8-10)12-13(14(21)20-18-12)19-17-11-4-6-16-7-5-11/h1-8H,15H2,(H2,18,20,21). The summed E-state index contributed by atoms with van der Waals surface area (Å²) in [4.78, 5) is 15.7. The number of pyridine rings is 1. The smallest absolute Gasteiger partial charge is 0.292 e. The number of aromatic nitrogens is 3. The van der Waals surface area contributed by atoms with Crippen molar-refractivity contribution in [2.75, 3.05) is 5.73 Å². The molecule has 0 fully saturated rings. The number of nitrogen functional groups attached to an aromatic ring is 1. The molecule has 2 heterocycles. The van der Waals surface area contributed by atoms with E-state index < -0.39 is 0 Å². The van der Waals surface area contributed by atoms with Crippen molar-refractivity contribution in [2.24, 2.45) is 10.2 Å². The Kier molecular flexibility index (Phi) is 3.30. The molecular formula is C14H12N6O. The van der Waals surface area contributed by atoms with E-state index in [1.165, 1.54) is 0 Å². The van der Waals surface area contributed by atoms with Crippen LogP contribution in [0.1, 0.15) is 0 Å². The molecule has 21 heavy (non-hydrogen) atoms. The Bertz CT molecular complexity index is 834. The number of rotatable bonds is 3. The summed E-state index contributed by atoms with van der Waals surface area (Å²) in [5, 5.41) is 13.4. The van der Waals surface area contributed by atoms with Crippen LogP contribution in [-0.4, -0.2) is 15.2 Å². The van der Waals surface area contributed by atoms with Crippen LogP contribution in [0.25, 0.3) is 11.3 Å². The highest BCUT2D eigenvalue weighted by Crippen LogP contribution is 2.27. The Morgan fingerprint density at radius 1 is 1.05 bits per heavy atom. The Hall–Kier alpha value is -3.22. The van der Waals surface area contributed by atoms with Crippen molar-refractivity contribution in [3.63, 3.8) is 0 Å². The molecule has 0 aliphatic rings. The van der Waals surface area contributed by atoms with Crippen LogP contribution in [0.5, 0.6) is 0 Å². The molecule has 2 aromatic heterocycles. The monoisotopic (exact) mass is 280 g/mol. The van der Waals surface area contributed by atoms with Gasteiger partial charge in [-0.05, 0) is 24.3 Å². The van der Waals surface area contributed by atoms with Crippen molar-refractivity contribution in [3.8, 4) is 11.3 Å². The van der Waals surface area contributed by atoms with Crippen molar-refractivity contribution in [2.45, 2.75) is 0 Å². The first-order valence-corrected chi connectivity index (χ1v) is 6.22. The number of azo groups is 1. The third-order valence-electron chi connectivity index (χ3n) is 2.86. The minimum atomic E-state index is -0.342. The maximum atomic E-state index is 11.8. The second-order valence-corrected chi connectivity index (χ2v) is 4.33. The number of nitrogens with one attached hydrogen (secondary N) is 2. The normalized spacial score (nSPS) is 11.0. The number of aromatic amines is 2. The molecule has 1 aromatic carbocycles. The summed E-state index contributed by atoms with van der Waals surface area (Å²) in [6.45, 7) is 0. The number of nitrogens with zero attached hydrogens (tertiary/aromatic N) is 3. The van der Waals surface area contributed by atoms with E-state index in [1.54, 1.807) is 42.7 Å². The minimum absolute atomic E-state index is 0.206. The van der Waals surface area contributed by atoms with E-state index >= 15 is 0 Å². The summed E-state index contributed by atoms with van der Waals surface area (Å²) < 4.78 is 0. The second-order valence-electron chi connectivity index (χ2n) is 4.33. The van der Waals surface area contributed by atoms with Gasteiger partial charge in [0.15, 0.2) is 5.69 Å². The van der Waals surface area contributed by atoms with Gasteiger partial charge in [0.2, 0.25) is 0 Å². The van der Waals surface area contributed by atoms with Gasteiger partial charge in [0.05, 0.1) is 11.4 Å². The molecule has 0 saturated heterocycles. The lowest BCUT2D eigenvalue weighted by molar-refractivity contribution is 1.06. The van der Waals surface area contributed by atoms with Crippen molar-refractivity contribution in [1.29, 1.82) is 0 Å². The van der Waals surface area contributed by atoms with Crippen LogP contribution < -0.4 is 11.3 Å². The van der Waals surface area contributed by atoms with E-state index in [0.29, 0.717) is 17.1 Å². The molecule has 3 rings (SSSR count). The summed E-state index contributed by atoms with van der Waals surface area (Å²) in [5.41, 5.74) is 8.14. The molecule has 0 aliphatic carbocycles. The van der Waals surface area contributed by atoms with E-state index in [1.807, 2.05) is 6.07 Å². The fourth-order valence-corrected chi connectivity index (χ4v) is 1.87. The zero-order valence-corrected chi connectivity index (χ0v) is 10.9. The van der Waals surface area contributed by atoms with Crippen molar-refractivity contribution in [1.82, 2.24) is 15.2 Å².